The van der Waals surface area contributed by atoms with Gasteiger partial charge in [-0.2, -0.15) is 0 Å². The van der Waals surface area contributed by atoms with Crippen molar-refractivity contribution in [2.24, 2.45) is 0 Å². The second kappa shape index (κ2) is 5.94. The van der Waals surface area contributed by atoms with Crippen LogP contribution >= 0.6 is 23.2 Å². The summed E-state index contributed by atoms with van der Waals surface area (Å²) in [5.74, 6) is 0.567. The molecule has 0 heterocycles. The van der Waals surface area contributed by atoms with E-state index in [-0.39, 0.29) is 23.3 Å². The quantitative estimate of drug-likeness (QED) is 0.806. The second-order valence-electron chi connectivity index (χ2n) is 4.99. The van der Waals surface area contributed by atoms with E-state index in [2.05, 4.69) is 13.8 Å². The molecule has 0 saturated carbocycles. The first-order valence-electron chi connectivity index (χ1n) is 6.37. The SMILES string of the molecule is C[C@@H](c1ccc(O)cc1Cl)[C@@H](C)c1ccc(O)cc1Cl. The van der Waals surface area contributed by atoms with Gasteiger partial charge >= 0.3 is 0 Å². The third-order valence-corrected chi connectivity index (χ3v) is 4.35. The van der Waals surface area contributed by atoms with Crippen LogP contribution in [0.3, 0.4) is 0 Å². The van der Waals surface area contributed by atoms with E-state index in [4.69, 9.17) is 23.2 Å². The van der Waals surface area contributed by atoms with Gasteiger partial charge < -0.3 is 10.2 Å². The lowest BCUT2D eigenvalue weighted by Crippen LogP contribution is -2.06. The van der Waals surface area contributed by atoms with E-state index in [1.54, 1.807) is 24.3 Å². The van der Waals surface area contributed by atoms with Crippen molar-refractivity contribution in [2.45, 2.75) is 25.7 Å². The van der Waals surface area contributed by atoms with E-state index in [1.165, 1.54) is 0 Å². The Bertz CT molecular complexity index is 570. The molecule has 4 heteroatoms. The number of aromatic hydroxyl groups is 2. The van der Waals surface area contributed by atoms with Crippen molar-refractivity contribution in [1.82, 2.24) is 0 Å². The van der Waals surface area contributed by atoms with Gasteiger partial charge in [0.15, 0.2) is 0 Å². The molecule has 0 aliphatic heterocycles. The Morgan fingerprint density at radius 3 is 1.40 bits per heavy atom. The predicted octanol–water partition coefficient (Wildman–Crippen LogP) is 5.31. The van der Waals surface area contributed by atoms with Crippen LogP contribution in [-0.2, 0) is 0 Å². The Kier molecular flexibility index (Phi) is 4.46. The summed E-state index contributed by atoms with van der Waals surface area (Å²) < 4.78 is 0. The summed E-state index contributed by atoms with van der Waals surface area (Å²) in [6.07, 6.45) is 0. The molecule has 2 atom stereocenters. The summed E-state index contributed by atoms with van der Waals surface area (Å²) in [5, 5.41) is 19.9. The van der Waals surface area contributed by atoms with Crippen LogP contribution in [0.1, 0.15) is 36.8 Å². The monoisotopic (exact) mass is 310 g/mol. The van der Waals surface area contributed by atoms with E-state index in [9.17, 15) is 10.2 Å². The standard InChI is InChI=1S/C16H16Cl2O2/c1-9(13-5-3-11(19)7-15(13)17)10(2)14-6-4-12(20)8-16(14)18/h3-10,19-20H,1-2H3/t9-,10-/m1/s1. The van der Waals surface area contributed by atoms with Gasteiger partial charge in [-0.1, -0.05) is 49.2 Å². The van der Waals surface area contributed by atoms with Crippen molar-refractivity contribution in [3.63, 3.8) is 0 Å². The van der Waals surface area contributed by atoms with Gasteiger partial charge in [0, 0.05) is 10.0 Å². The maximum atomic E-state index is 9.42. The van der Waals surface area contributed by atoms with Crippen molar-refractivity contribution < 1.29 is 10.2 Å². The summed E-state index contributed by atoms with van der Waals surface area (Å²) >= 11 is 12.4. The van der Waals surface area contributed by atoms with Gasteiger partial charge in [0.25, 0.3) is 0 Å². The molecule has 0 saturated heterocycles. The number of rotatable bonds is 3. The second-order valence-corrected chi connectivity index (χ2v) is 5.80. The molecular formula is C16H16Cl2O2. The minimum atomic E-state index is 0.130. The van der Waals surface area contributed by atoms with E-state index in [0.717, 1.165) is 11.1 Å². The van der Waals surface area contributed by atoms with Gasteiger partial charge in [-0.3, -0.25) is 0 Å². The average Bonchev–Trinajstić information content (AvgIpc) is 2.37. The van der Waals surface area contributed by atoms with Crippen LogP contribution in [-0.4, -0.2) is 10.2 Å². The van der Waals surface area contributed by atoms with Gasteiger partial charge in [0.1, 0.15) is 11.5 Å². The Morgan fingerprint density at radius 2 is 1.10 bits per heavy atom. The summed E-state index contributed by atoms with van der Waals surface area (Å²) in [4.78, 5) is 0. The van der Waals surface area contributed by atoms with Crippen molar-refractivity contribution in [2.75, 3.05) is 0 Å². The van der Waals surface area contributed by atoms with Crippen LogP contribution in [0.5, 0.6) is 11.5 Å². The molecule has 2 nitrogen and oxygen atoms in total. The van der Waals surface area contributed by atoms with Crippen LogP contribution in [0, 0.1) is 0 Å². The molecule has 0 aliphatic rings. The van der Waals surface area contributed by atoms with E-state index in [1.807, 2.05) is 12.1 Å². The predicted molar refractivity (Wildman–Crippen MR) is 83.1 cm³/mol. The average molecular weight is 311 g/mol. The number of benzene rings is 2. The smallest absolute Gasteiger partial charge is 0.117 e. The molecule has 2 rings (SSSR count). The van der Waals surface area contributed by atoms with Gasteiger partial charge in [0.05, 0.1) is 0 Å². The Balaban J connectivity index is 2.34. The Morgan fingerprint density at radius 1 is 0.750 bits per heavy atom. The zero-order valence-corrected chi connectivity index (χ0v) is 12.8. The molecule has 0 unspecified atom stereocenters. The maximum absolute atomic E-state index is 9.42. The number of phenolic OH excluding ortho intramolecular Hbond substituents is 2. The fourth-order valence-corrected chi connectivity index (χ4v) is 3.00. The van der Waals surface area contributed by atoms with Crippen molar-refractivity contribution >= 4 is 23.2 Å². The van der Waals surface area contributed by atoms with Crippen LogP contribution < -0.4 is 0 Å². The number of halogens is 2. The number of hydrogen-bond donors (Lipinski definition) is 2. The van der Waals surface area contributed by atoms with E-state index < -0.39 is 0 Å². The Labute approximate surface area is 128 Å². The third-order valence-electron chi connectivity index (χ3n) is 3.70. The minimum Gasteiger partial charge on any atom is -0.508 e. The molecule has 0 spiro atoms. The summed E-state index contributed by atoms with van der Waals surface area (Å²) in [6, 6.07) is 9.99. The van der Waals surface area contributed by atoms with Crippen LogP contribution in [0.4, 0.5) is 0 Å². The van der Waals surface area contributed by atoms with E-state index in [0.29, 0.717) is 10.0 Å². The molecular weight excluding hydrogens is 295 g/mol. The number of hydrogen-bond acceptors (Lipinski definition) is 2. The molecule has 0 amide bonds. The van der Waals surface area contributed by atoms with Crippen LogP contribution in [0.25, 0.3) is 0 Å². The van der Waals surface area contributed by atoms with Gasteiger partial charge in [-0.05, 0) is 47.2 Å². The summed E-state index contributed by atoms with van der Waals surface area (Å²) in [5.41, 5.74) is 1.92. The molecule has 0 fully saturated rings. The van der Waals surface area contributed by atoms with Crippen LogP contribution in [0.15, 0.2) is 36.4 Å². The zero-order chi connectivity index (χ0) is 14.9. The molecule has 0 radical (unpaired) electrons. The molecule has 2 aromatic rings. The fraction of sp³-hybridized carbons (Fsp3) is 0.250. The first-order chi connectivity index (χ1) is 9.40. The third kappa shape index (κ3) is 3.02. The molecule has 106 valence electrons. The Hall–Kier alpha value is -1.38. The molecule has 0 bridgehead atoms. The highest BCUT2D eigenvalue weighted by Gasteiger charge is 2.21. The summed E-state index contributed by atoms with van der Waals surface area (Å²) in [6.45, 7) is 4.12. The first kappa shape index (κ1) is 15.0. The fourth-order valence-electron chi connectivity index (χ4n) is 2.31. The number of phenols is 2. The lowest BCUT2D eigenvalue weighted by atomic mass is 9.84. The van der Waals surface area contributed by atoms with Crippen molar-refractivity contribution in [1.29, 1.82) is 0 Å². The summed E-state index contributed by atoms with van der Waals surface area (Å²) in [7, 11) is 0. The molecule has 0 aromatic heterocycles. The highest BCUT2D eigenvalue weighted by atomic mass is 35.5. The van der Waals surface area contributed by atoms with Crippen molar-refractivity contribution in [3.8, 4) is 11.5 Å². The first-order valence-corrected chi connectivity index (χ1v) is 7.12. The largest absolute Gasteiger partial charge is 0.508 e. The van der Waals surface area contributed by atoms with Gasteiger partial charge in [-0.15, -0.1) is 0 Å². The molecule has 20 heavy (non-hydrogen) atoms. The lowest BCUT2D eigenvalue weighted by molar-refractivity contribution is 0.473. The van der Waals surface area contributed by atoms with E-state index >= 15 is 0 Å². The molecule has 2 N–H and O–H groups in total. The highest BCUT2D eigenvalue weighted by molar-refractivity contribution is 6.32. The normalized spacial score (nSPS) is 14.0. The van der Waals surface area contributed by atoms with Crippen LogP contribution in [0.2, 0.25) is 10.0 Å². The zero-order valence-electron chi connectivity index (χ0n) is 11.3. The lowest BCUT2D eigenvalue weighted by Gasteiger charge is -2.23. The minimum absolute atomic E-state index is 0.130. The van der Waals surface area contributed by atoms with Crippen molar-refractivity contribution in [3.05, 3.63) is 57.6 Å². The highest BCUT2D eigenvalue weighted by Crippen LogP contribution is 2.39. The topological polar surface area (TPSA) is 40.5 Å². The molecule has 0 aliphatic carbocycles. The van der Waals surface area contributed by atoms with Gasteiger partial charge in [0.2, 0.25) is 0 Å². The van der Waals surface area contributed by atoms with Gasteiger partial charge in [-0.25, -0.2) is 0 Å². The maximum Gasteiger partial charge on any atom is 0.117 e. The molecule has 2 aromatic carbocycles.